The van der Waals surface area contributed by atoms with Crippen LogP contribution in [0.25, 0.3) is 6.08 Å². The summed E-state index contributed by atoms with van der Waals surface area (Å²) in [5.74, 6) is 0.205. The molecule has 1 N–H and O–H groups in total. The number of nitrogens with one attached hydrogen (secondary N) is 1. The largest absolute Gasteiger partial charge is 0.367 e. The van der Waals surface area contributed by atoms with Crippen LogP contribution in [0.4, 0.5) is 10.5 Å². The van der Waals surface area contributed by atoms with Crippen molar-refractivity contribution >= 4 is 34.7 Å². The first-order valence-corrected chi connectivity index (χ1v) is 9.41. The molecule has 2 aromatic carbocycles. The molecule has 0 aromatic heterocycles. The van der Waals surface area contributed by atoms with Crippen molar-refractivity contribution in [1.29, 1.82) is 0 Å². The van der Waals surface area contributed by atoms with E-state index >= 15 is 0 Å². The van der Waals surface area contributed by atoms with Crippen molar-refractivity contribution in [1.82, 2.24) is 4.90 Å². The SMILES string of the molecule is Cc1ccc(NCN2C(=O)SC(=Cc3ccc(C(C)C)cc3)C2=O)cc1. The normalized spacial score (nSPS) is 16.0. The molecule has 0 atom stereocenters. The topological polar surface area (TPSA) is 49.4 Å². The first-order chi connectivity index (χ1) is 12.4. The molecule has 134 valence electrons. The molecule has 0 unspecified atom stereocenters. The Bertz CT molecular complexity index is 839. The highest BCUT2D eigenvalue weighted by Gasteiger charge is 2.34. The first-order valence-electron chi connectivity index (χ1n) is 8.60. The van der Waals surface area contributed by atoms with Crippen LogP contribution in [0, 0.1) is 6.92 Å². The molecule has 26 heavy (non-hydrogen) atoms. The minimum Gasteiger partial charge on any atom is -0.367 e. The summed E-state index contributed by atoms with van der Waals surface area (Å²) in [6, 6.07) is 15.9. The molecule has 1 heterocycles. The van der Waals surface area contributed by atoms with Gasteiger partial charge in [-0.15, -0.1) is 0 Å². The fourth-order valence-electron chi connectivity index (χ4n) is 2.61. The molecular weight excluding hydrogens is 344 g/mol. The summed E-state index contributed by atoms with van der Waals surface area (Å²) in [5, 5.41) is 2.87. The molecule has 5 heteroatoms. The maximum atomic E-state index is 12.5. The van der Waals surface area contributed by atoms with Gasteiger partial charge in [0.05, 0.1) is 11.6 Å². The van der Waals surface area contributed by atoms with Gasteiger partial charge in [0.25, 0.3) is 11.1 Å². The van der Waals surface area contributed by atoms with Crippen molar-refractivity contribution in [3.8, 4) is 0 Å². The van der Waals surface area contributed by atoms with E-state index in [0.29, 0.717) is 10.8 Å². The fourth-order valence-corrected chi connectivity index (χ4v) is 3.44. The Kier molecular flexibility index (Phi) is 5.47. The number of aryl methyl sites for hydroxylation is 1. The van der Waals surface area contributed by atoms with Crippen molar-refractivity contribution in [3.63, 3.8) is 0 Å². The zero-order valence-corrected chi connectivity index (χ0v) is 16.0. The van der Waals surface area contributed by atoms with Crippen LogP contribution in [0.2, 0.25) is 0 Å². The van der Waals surface area contributed by atoms with E-state index < -0.39 is 0 Å². The van der Waals surface area contributed by atoms with E-state index in [1.807, 2.05) is 43.3 Å². The minimum absolute atomic E-state index is 0.164. The molecule has 4 nitrogen and oxygen atoms in total. The Morgan fingerprint density at radius 3 is 2.31 bits per heavy atom. The molecule has 3 rings (SSSR count). The van der Waals surface area contributed by atoms with Crippen LogP contribution in [0.1, 0.15) is 36.5 Å². The summed E-state index contributed by atoms with van der Waals surface area (Å²) in [5.41, 5.74) is 4.21. The van der Waals surface area contributed by atoms with Crippen LogP contribution in [-0.4, -0.2) is 22.7 Å². The Labute approximate surface area is 158 Å². The van der Waals surface area contributed by atoms with Gasteiger partial charge >= 0.3 is 0 Å². The highest BCUT2D eigenvalue weighted by molar-refractivity contribution is 8.18. The summed E-state index contributed by atoms with van der Waals surface area (Å²) in [4.78, 5) is 26.4. The van der Waals surface area contributed by atoms with Crippen LogP contribution in [0.5, 0.6) is 0 Å². The third kappa shape index (κ3) is 4.17. The second kappa shape index (κ2) is 7.79. The molecule has 0 radical (unpaired) electrons. The van der Waals surface area contributed by atoms with Crippen LogP contribution < -0.4 is 5.32 Å². The van der Waals surface area contributed by atoms with Crippen molar-refractivity contribution in [2.75, 3.05) is 12.0 Å². The number of carbonyl (C=O) groups excluding carboxylic acids is 2. The Balaban J connectivity index is 1.68. The first kappa shape index (κ1) is 18.3. The van der Waals surface area contributed by atoms with E-state index in [1.165, 1.54) is 10.5 Å². The molecule has 1 aliphatic heterocycles. The van der Waals surface area contributed by atoms with Crippen molar-refractivity contribution < 1.29 is 9.59 Å². The smallest absolute Gasteiger partial charge is 0.295 e. The number of anilines is 1. The van der Waals surface area contributed by atoms with Crippen molar-refractivity contribution in [2.45, 2.75) is 26.7 Å². The lowest BCUT2D eigenvalue weighted by atomic mass is 10.0. The van der Waals surface area contributed by atoms with E-state index in [2.05, 4.69) is 31.3 Å². The number of amides is 2. The van der Waals surface area contributed by atoms with Gasteiger partial charge in [-0.2, -0.15) is 0 Å². The minimum atomic E-state index is -0.257. The quantitative estimate of drug-likeness (QED) is 0.737. The molecule has 1 aliphatic rings. The molecule has 1 saturated heterocycles. The average molecular weight is 366 g/mol. The molecule has 2 amide bonds. The predicted octanol–water partition coefficient (Wildman–Crippen LogP) is 5.22. The number of hydrogen-bond donors (Lipinski definition) is 1. The molecule has 2 aromatic rings. The van der Waals surface area contributed by atoms with E-state index in [1.54, 1.807) is 6.08 Å². The average Bonchev–Trinajstić information content (AvgIpc) is 2.88. The fraction of sp³-hybridized carbons (Fsp3) is 0.238. The molecular formula is C21H22N2O2S. The number of nitrogens with zero attached hydrogens (tertiary/aromatic N) is 1. The molecule has 0 aliphatic carbocycles. The number of benzene rings is 2. The maximum Gasteiger partial charge on any atom is 0.295 e. The van der Waals surface area contributed by atoms with Gasteiger partial charge in [-0.25, -0.2) is 0 Å². The number of imide groups is 1. The highest BCUT2D eigenvalue weighted by Crippen LogP contribution is 2.32. The lowest BCUT2D eigenvalue weighted by Gasteiger charge is -2.14. The summed E-state index contributed by atoms with van der Waals surface area (Å²) in [6.45, 7) is 6.46. The Morgan fingerprint density at radius 2 is 1.69 bits per heavy atom. The predicted molar refractivity (Wildman–Crippen MR) is 108 cm³/mol. The van der Waals surface area contributed by atoms with Gasteiger partial charge in [0, 0.05) is 5.69 Å². The van der Waals surface area contributed by atoms with Crippen LogP contribution in [0.15, 0.2) is 53.4 Å². The zero-order chi connectivity index (χ0) is 18.7. The van der Waals surface area contributed by atoms with Gasteiger partial charge in [-0.05, 0) is 53.9 Å². The van der Waals surface area contributed by atoms with E-state index in [4.69, 9.17) is 0 Å². The Hall–Kier alpha value is -2.53. The molecule has 0 spiro atoms. The van der Waals surface area contributed by atoms with E-state index in [9.17, 15) is 9.59 Å². The maximum absolute atomic E-state index is 12.5. The monoisotopic (exact) mass is 366 g/mol. The van der Waals surface area contributed by atoms with Crippen molar-refractivity contribution in [2.24, 2.45) is 0 Å². The van der Waals surface area contributed by atoms with E-state index in [0.717, 1.165) is 28.6 Å². The zero-order valence-electron chi connectivity index (χ0n) is 15.2. The molecule has 0 saturated carbocycles. The number of hydrogen-bond acceptors (Lipinski definition) is 4. The Morgan fingerprint density at radius 1 is 1.04 bits per heavy atom. The number of thioether (sulfide) groups is 1. The van der Waals surface area contributed by atoms with Gasteiger partial charge in [-0.1, -0.05) is 55.8 Å². The number of rotatable bonds is 5. The summed E-state index contributed by atoms with van der Waals surface area (Å²) in [6.07, 6.45) is 1.78. The van der Waals surface area contributed by atoms with Gasteiger partial charge < -0.3 is 5.32 Å². The van der Waals surface area contributed by atoms with Gasteiger partial charge in [-0.3, -0.25) is 14.5 Å². The second-order valence-corrected chi connectivity index (χ2v) is 7.63. The van der Waals surface area contributed by atoms with Gasteiger partial charge in [0.15, 0.2) is 0 Å². The van der Waals surface area contributed by atoms with Crippen LogP contribution >= 0.6 is 11.8 Å². The highest BCUT2D eigenvalue weighted by atomic mass is 32.2. The molecule has 1 fully saturated rings. The molecule has 0 bridgehead atoms. The summed E-state index contributed by atoms with van der Waals surface area (Å²) >= 11 is 0.983. The second-order valence-electron chi connectivity index (χ2n) is 6.63. The summed E-state index contributed by atoms with van der Waals surface area (Å²) < 4.78 is 0. The third-order valence-electron chi connectivity index (χ3n) is 4.27. The lowest BCUT2D eigenvalue weighted by molar-refractivity contribution is -0.122. The third-order valence-corrected chi connectivity index (χ3v) is 5.17. The summed E-state index contributed by atoms with van der Waals surface area (Å²) in [7, 11) is 0. The van der Waals surface area contributed by atoms with Gasteiger partial charge in [0.1, 0.15) is 0 Å². The standard InChI is InChI=1S/C21H22N2O2S/c1-14(2)17-8-6-16(7-9-17)12-19-20(24)23(21(25)26-19)13-22-18-10-4-15(3)5-11-18/h4-12,14,22H,13H2,1-3H3. The van der Waals surface area contributed by atoms with E-state index in [-0.39, 0.29) is 17.8 Å². The van der Waals surface area contributed by atoms with Gasteiger partial charge in [0.2, 0.25) is 0 Å². The van der Waals surface area contributed by atoms with Crippen LogP contribution in [0.3, 0.4) is 0 Å². The lowest BCUT2D eigenvalue weighted by Crippen LogP contribution is -2.33. The number of carbonyl (C=O) groups is 2. The van der Waals surface area contributed by atoms with Crippen LogP contribution in [-0.2, 0) is 4.79 Å². The van der Waals surface area contributed by atoms with Crippen molar-refractivity contribution in [3.05, 3.63) is 70.1 Å².